The van der Waals surface area contributed by atoms with Crippen molar-refractivity contribution in [1.82, 2.24) is 29.5 Å². The first kappa shape index (κ1) is 24.4. The molecule has 6 rings (SSSR count). The molecule has 10 nitrogen and oxygen atoms in total. The van der Waals surface area contributed by atoms with Crippen molar-refractivity contribution in [2.75, 3.05) is 25.7 Å². The Morgan fingerprint density at radius 1 is 0.744 bits per heavy atom. The molecule has 0 spiro atoms. The largest absolute Gasteiger partial charge is 0.497 e. The lowest BCUT2D eigenvalue weighted by Crippen LogP contribution is -2.09. The van der Waals surface area contributed by atoms with E-state index in [-0.39, 0.29) is 17.7 Å². The molecule has 0 saturated heterocycles. The second-order valence-electron chi connectivity index (χ2n) is 9.25. The third-order valence-electron chi connectivity index (χ3n) is 6.83. The Bertz CT molecular complexity index is 1670. The molecule has 0 bridgehead atoms. The van der Waals surface area contributed by atoms with Gasteiger partial charge in [0.15, 0.2) is 11.5 Å². The number of benzene rings is 2. The maximum Gasteiger partial charge on any atom is 0.226 e. The highest BCUT2D eigenvalue weighted by Gasteiger charge is 2.28. The summed E-state index contributed by atoms with van der Waals surface area (Å²) in [6.07, 6.45) is 6.50. The Kier molecular flexibility index (Phi) is 6.28. The van der Waals surface area contributed by atoms with Gasteiger partial charge in [0.1, 0.15) is 17.1 Å². The average Bonchev–Trinajstić information content (AvgIpc) is 3.36. The number of hydrogen-bond acceptors (Lipinski definition) is 9. The molecule has 1 aliphatic carbocycles. The number of rotatable bonds is 6. The fourth-order valence-corrected chi connectivity index (χ4v) is 5.07. The minimum Gasteiger partial charge on any atom is -0.497 e. The first-order valence-corrected chi connectivity index (χ1v) is 12.7. The zero-order chi connectivity index (χ0) is 26.9. The van der Waals surface area contributed by atoms with E-state index in [0.29, 0.717) is 22.8 Å². The second kappa shape index (κ2) is 10.1. The molecule has 0 atom stereocenters. The lowest BCUT2D eigenvalue weighted by molar-refractivity contribution is 0.387. The van der Waals surface area contributed by atoms with E-state index in [1.807, 2.05) is 42.5 Å². The highest BCUT2D eigenvalue weighted by Crippen LogP contribution is 2.43. The smallest absolute Gasteiger partial charge is 0.226 e. The van der Waals surface area contributed by atoms with Crippen LogP contribution in [0.3, 0.4) is 0 Å². The van der Waals surface area contributed by atoms with E-state index in [0.717, 1.165) is 53.8 Å². The molecule has 0 unspecified atom stereocenters. The molecule has 0 radical (unpaired) electrons. The van der Waals surface area contributed by atoms with Crippen molar-refractivity contribution in [2.24, 2.45) is 0 Å². The maximum atomic E-state index is 6.06. The van der Waals surface area contributed by atoms with Gasteiger partial charge in [-0.25, -0.2) is 4.98 Å². The van der Waals surface area contributed by atoms with Gasteiger partial charge in [0.25, 0.3) is 0 Å². The van der Waals surface area contributed by atoms with E-state index in [2.05, 4.69) is 33.2 Å². The number of anilines is 2. The van der Waals surface area contributed by atoms with Crippen LogP contribution in [0.4, 0.5) is 11.9 Å². The van der Waals surface area contributed by atoms with Gasteiger partial charge in [-0.2, -0.15) is 24.6 Å². The molecule has 0 saturated carbocycles. The van der Waals surface area contributed by atoms with E-state index >= 15 is 0 Å². The first-order chi connectivity index (χ1) is 19.1. The molecule has 0 amide bonds. The summed E-state index contributed by atoms with van der Waals surface area (Å²) in [7, 11) is 3.24. The zero-order valence-electron chi connectivity index (χ0n) is 21.8. The van der Waals surface area contributed by atoms with Gasteiger partial charge in [-0.3, -0.25) is 0 Å². The van der Waals surface area contributed by atoms with E-state index in [1.54, 1.807) is 18.7 Å². The average molecular weight is 521 g/mol. The minimum absolute atomic E-state index is 0.00696. The molecule has 0 fully saturated rings. The normalized spacial score (nSPS) is 13.3. The predicted octanol–water partition coefficient (Wildman–Crippen LogP) is 5.05. The summed E-state index contributed by atoms with van der Waals surface area (Å²) in [6.45, 7) is 0. The number of methoxy groups -OCH3 is 2. The van der Waals surface area contributed by atoms with E-state index in [9.17, 15) is 0 Å². The van der Waals surface area contributed by atoms with Crippen LogP contribution < -0.4 is 20.9 Å². The highest BCUT2D eigenvalue weighted by molar-refractivity contribution is 5.91. The molecule has 39 heavy (non-hydrogen) atoms. The van der Waals surface area contributed by atoms with Crippen molar-refractivity contribution in [2.45, 2.75) is 25.7 Å². The van der Waals surface area contributed by atoms with Gasteiger partial charge < -0.3 is 20.9 Å². The standard InChI is InChI=1S/C29H28N8O2/c1-38-20-15-13-18(14-16-20)22-24(25-33-28(30)35-29(31)34-25)32-26-21(17-9-5-3-6-10-17)23(19-11-7-4-8-12-19)36-37(26)27(22)39-2/h4,7-9,11-16H,3,5-6,10H2,1-2H3,(H4,30,31,33,34,35). The molecular formula is C29H28N8O2. The van der Waals surface area contributed by atoms with Crippen LogP contribution in [-0.4, -0.2) is 43.8 Å². The number of aromatic nitrogens is 6. The fourth-order valence-electron chi connectivity index (χ4n) is 5.07. The molecule has 0 aliphatic heterocycles. The Labute approximate surface area is 225 Å². The molecule has 3 heterocycles. The topological polar surface area (TPSA) is 139 Å². The molecule has 2 aromatic carbocycles. The van der Waals surface area contributed by atoms with Gasteiger partial charge in [-0.05, 0) is 49.0 Å². The van der Waals surface area contributed by atoms with Crippen LogP contribution in [0.15, 0.2) is 60.7 Å². The number of ether oxygens (including phenoxy) is 2. The van der Waals surface area contributed by atoms with Crippen molar-refractivity contribution in [3.05, 3.63) is 66.2 Å². The highest BCUT2D eigenvalue weighted by atomic mass is 16.5. The summed E-state index contributed by atoms with van der Waals surface area (Å²) < 4.78 is 13.2. The third kappa shape index (κ3) is 4.39. The number of fused-ring (bicyclic) bond motifs is 1. The summed E-state index contributed by atoms with van der Waals surface area (Å²) in [4.78, 5) is 17.9. The summed E-state index contributed by atoms with van der Waals surface area (Å²) in [5, 5.41) is 5.08. The predicted molar refractivity (Wildman–Crippen MR) is 151 cm³/mol. The minimum atomic E-state index is 0.00696. The summed E-state index contributed by atoms with van der Waals surface area (Å²) >= 11 is 0. The van der Waals surface area contributed by atoms with Crippen LogP contribution in [0.5, 0.6) is 11.6 Å². The summed E-state index contributed by atoms with van der Waals surface area (Å²) in [5.74, 6) is 1.47. The van der Waals surface area contributed by atoms with Gasteiger partial charge in [0.2, 0.25) is 17.8 Å². The number of nitrogens with zero attached hydrogens (tertiary/aromatic N) is 6. The SMILES string of the molecule is COc1ccc(-c2c(-c3nc(N)nc(N)n3)nc3c(C4=CCCCC4)c(-c4ccccc4)nn3c2OC)cc1. The number of nitrogen functional groups attached to an aromatic ring is 2. The van der Waals surface area contributed by atoms with E-state index < -0.39 is 0 Å². The van der Waals surface area contributed by atoms with Crippen LogP contribution in [0.1, 0.15) is 31.2 Å². The van der Waals surface area contributed by atoms with E-state index in [1.165, 1.54) is 5.57 Å². The van der Waals surface area contributed by atoms with Gasteiger partial charge in [0.05, 0.1) is 25.3 Å². The Balaban J connectivity index is 1.74. The molecule has 196 valence electrons. The Hall–Kier alpha value is -4.99. The van der Waals surface area contributed by atoms with Gasteiger partial charge in [0, 0.05) is 5.56 Å². The lowest BCUT2D eigenvalue weighted by atomic mass is 9.92. The third-order valence-corrected chi connectivity index (χ3v) is 6.83. The van der Waals surface area contributed by atoms with Crippen molar-refractivity contribution in [3.63, 3.8) is 0 Å². The monoisotopic (exact) mass is 520 g/mol. The van der Waals surface area contributed by atoms with Crippen LogP contribution in [0, 0.1) is 0 Å². The summed E-state index contributed by atoms with van der Waals surface area (Å²) in [5.41, 5.74) is 18.5. The molecule has 4 N–H and O–H groups in total. The Morgan fingerprint density at radius 2 is 1.49 bits per heavy atom. The fraction of sp³-hybridized carbons (Fsp3) is 0.207. The van der Waals surface area contributed by atoms with Crippen molar-refractivity contribution >= 4 is 23.1 Å². The molecule has 1 aliphatic rings. The zero-order valence-corrected chi connectivity index (χ0v) is 21.8. The van der Waals surface area contributed by atoms with Crippen molar-refractivity contribution < 1.29 is 9.47 Å². The lowest BCUT2D eigenvalue weighted by Gasteiger charge is -2.16. The van der Waals surface area contributed by atoms with Gasteiger partial charge in [-0.15, -0.1) is 0 Å². The molecular weight excluding hydrogens is 492 g/mol. The van der Waals surface area contributed by atoms with Gasteiger partial charge in [-0.1, -0.05) is 48.5 Å². The van der Waals surface area contributed by atoms with Crippen LogP contribution in [0.25, 0.3) is 45.1 Å². The quantitative estimate of drug-likeness (QED) is 0.315. The number of allylic oxidation sites excluding steroid dienone is 2. The molecule has 10 heteroatoms. The number of nitrogens with two attached hydrogens (primary N) is 2. The van der Waals surface area contributed by atoms with E-state index in [4.69, 9.17) is 31.0 Å². The maximum absolute atomic E-state index is 6.06. The van der Waals surface area contributed by atoms with Crippen LogP contribution in [0.2, 0.25) is 0 Å². The molecule has 3 aromatic heterocycles. The Morgan fingerprint density at radius 3 is 2.13 bits per heavy atom. The molecule has 5 aromatic rings. The van der Waals surface area contributed by atoms with Crippen molar-refractivity contribution in [1.29, 1.82) is 0 Å². The van der Waals surface area contributed by atoms with Crippen LogP contribution >= 0.6 is 0 Å². The first-order valence-electron chi connectivity index (χ1n) is 12.7. The number of hydrogen-bond donors (Lipinski definition) is 2. The van der Waals surface area contributed by atoms with Crippen LogP contribution in [-0.2, 0) is 0 Å². The van der Waals surface area contributed by atoms with Gasteiger partial charge >= 0.3 is 0 Å². The second-order valence-corrected chi connectivity index (χ2v) is 9.25. The van der Waals surface area contributed by atoms with Crippen molar-refractivity contribution in [3.8, 4) is 45.5 Å². The summed E-state index contributed by atoms with van der Waals surface area (Å²) in [6, 6.07) is 17.7.